The zero-order valence-electron chi connectivity index (χ0n) is 10.9. The van der Waals surface area contributed by atoms with Crippen LogP contribution in [0.3, 0.4) is 0 Å². The van der Waals surface area contributed by atoms with E-state index in [2.05, 4.69) is 24.0 Å². The van der Waals surface area contributed by atoms with E-state index in [1.165, 1.54) is 44.2 Å². The smallest absolute Gasteiger partial charge is 0.0314 e. The second-order valence-electron chi connectivity index (χ2n) is 5.12. The molecule has 1 aromatic carbocycles. The summed E-state index contributed by atoms with van der Waals surface area (Å²) in [6, 6.07) is 9.11. The summed E-state index contributed by atoms with van der Waals surface area (Å²) in [7, 11) is 0. The van der Waals surface area contributed by atoms with Crippen molar-refractivity contribution in [2.45, 2.75) is 51.6 Å². The number of hydrogen-bond acceptors (Lipinski definition) is 2. The maximum atomic E-state index is 5.72. The average molecular weight is 232 g/mol. The topological polar surface area (TPSA) is 29.3 Å². The molecule has 0 aromatic heterocycles. The molecule has 2 nitrogen and oxygen atoms in total. The minimum atomic E-state index is 0.773. The van der Waals surface area contributed by atoms with Gasteiger partial charge in [0.2, 0.25) is 0 Å². The van der Waals surface area contributed by atoms with Crippen LogP contribution in [0.2, 0.25) is 0 Å². The molecule has 1 atom stereocenters. The maximum Gasteiger partial charge on any atom is 0.0314 e. The number of likely N-dealkylation sites (tertiary alicyclic amines) is 1. The molecule has 0 saturated carbocycles. The SMILES string of the molecule is CCC1CCCCCN1Cc1ccc(N)cc1. The lowest BCUT2D eigenvalue weighted by Gasteiger charge is -2.29. The molecule has 1 saturated heterocycles. The second kappa shape index (κ2) is 6.06. The molecule has 2 N–H and O–H groups in total. The van der Waals surface area contributed by atoms with Gasteiger partial charge in [-0.2, -0.15) is 0 Å². The van der Waals surface area contributed by atoms with Crippen LogP contribution in [0.25, 0.3) is 0 Å². The molecule has 94 valence electrons. The minimum absolute atomic E-state index is 0.773. The third-order valence-electron chi connectivity index (χ3n) is 3.84. The van der Waals surface area contributed by atoms with E-state index in [9.17, 15) is 0 Å². The third kappa shape index (κ3) is 3.47. The zero-order chi connectivity index (χ0) is 12.1. The van der Waals surface area contributed by atoms with Gasteiger partial charge in [0.25, 0.3) is 0 Å². The fourth-order valence-corrected chi connectivity index (χ4v) is 2.76. The number of hydrogen-bond donors (Lipinski definition) is 1. The van der Waals surface area contributed by atoms with E-state index in [0.29, 0.717) is 0 Å². The summed E-state index contributed by atoms with van der Waals surface area (Å²) >= 11 is 0. The molecule has 1 unspecified atom stereocenters. The molecule has 0 spiro atoms. The Morgan fingerprint density at radius 3 is 2.65 bits per heavy atom. The Kier molecular flexibility index (Phi) is 4.43. The highest BCUT2D eigenvalue weighted by Gasteiger charge is 2.19. The maximum absolute atomic E-state index is 5.72. The van der Waals surface area contributed by atoms with Crippen LogP contribution >= 0.6 is 0 Å². The Labute approximate surface area is 105 Å². The van der Waals surface area contributed by atoms with Crippen LogP contribution in [0.5, 0.6) is 0 Å². The van der Waals surface area contributed by atoms with Crippen LogP contribution in [-0.4, -0.2) is 17.5 Å². The number of nitrogens with two attached hydrogens (primary N) is 1. The van der Waals surface area contributed by atoms with Crippen LogP contribution < -0.4 is 5.73 Å². The lowest BCUT2D eigenvalue weighted by atomic mass is 10.1. The van der Waals surface area contributed by atoms with Crippen molar-refractivity contribution < 1.29 is 0 Å². The van der Waals surface area contributed by atoms with Gasteiger partial charge in [0.05, 0.1) is 0 Å². The largest absolute Gasteiger partial charge is 0.399 e. The summed E-state index contributed by atoms with van der Waals surface area (Å²) in [5.41, 5.74) is 7.97. The van der Waals surface area contributed by atoms with Crippen molar-refractivity contribution >= 4 is 5.69 Å². The minimum Gasteiger partial charge on any atom is -0.399 e. The zero-order valence-corrected chi connectivity index (χ0v) is 10.9. The lowest BCUT2D eigenvalue weighted by molar-refractivity contribution is 0.186. The van der Waals surface area contributed by atoms with E-state index in [1.54, 1.807) is 0 Å². The van der Waals surface area contributed by atoms with Gasteiger partial charge in [-0.25, -0.2) is 0 Å². The number of rotatable bonds is 3. The molecule has 17 heavy (non-hydrogen) atoms. The highest BCUT2D eigenvalue weighted by Crippen LogP contribution is 2.21. The van der Waals surface area contributed by atoms with Crippen LogP contribution in [0, 0.1) is 0 Å². The quantitative estimate of drug-likeness (QED) is 0.809. The van der Waals surface area contributed by atoms with Crippen LogP contribution in [-0.2, 0) is 6.54 Å². The summed E-state index contributed by atoms with van der Waals surface area (Å²) < 4.78 is 0. The number of anilines is 1. The molecular formula is C15H24N2. The summed E-state index contributed by atoms with van der Waals surface area (Å²) in [6.07, 6.45) is 6.79. The van der Waals surface area contributed by atoms with Gasteiger partial charge in [-0.15, -0.1) is 0 Å². The molecule has 1 fully saturated rings. The normalized spacial score (nSPS) is 22.3. The van der Waals surface area contributed by atoms with Gasteiger partial charge in [-0.3, -0.25) is 4.90 Å². The van der Waals surface area contributed by atoms with Gasteiger partial charge in [0, 0.05) is 18.3 Å². The van der Waals surface area contributed by atoms with Crippen molar-refractivity contribution in [3.63, 3.8) is 0 Å². The molecule has 0 amide bonds. The van der Waals surface area contributed by atoms with Crippen LogP contribution in [0.1, 0.15) is 44.6 Å². The lowest BCUT2D eigenvalue weighted by Crippen LogP contribution is -2.33. The molecule has 1 aliphatic rings. The Morgan fingerprint density at radius 2 is 1.94 bits per heavy atom. The van der Waals surface area contributed by atoms with Gasteiger partial charge < -0.3 is 5.73 Å². The fraction of sp³-hybridized carbons (Fsp3) is 0.600. The Hall–Kier alpha value is -1.02. The van der Waals surface area contributed by atoms with Crippen molar-refractivity contribution in [1.29, 1.82) is 0 Å². The Balaban J connectivity index is 2.01. The predicted molar refractivity (Wildman–Crippen MR) is 73.8 cm³/mol. The van der Waals surface area contributed by atoms with Gasteiger partial charge in [0.15, 0.2) is 0 Å². The highest BCUT2D eigenvalue weighted by atomic mass is 15.2. The molecule has 0 bridgehead atoms. The van der Waals surface area contributed by atoms with E-state index in [4.69, 9.17) is 5.73 Å². The first-order valence-corrected chi connectivity index (χ1v) is 6.88. The molecule has 2 heteroatoms. The van der Waals surface area contributed by atoms with Gasteiger partial charge >= 0.3 is 0 Å². The summed E-state index contributed by atoms with van der Waals surface area (Å²) in [5, 5.41) is 0. The van der Waals surface area contributed by atoms with Crippen molar-refractivity contribution in [3.8, 4) is 0 Å². The van der Waals surface area contributed by atoms with E-state index in [0.717, 1.165) is 18.3 Å². The number of nitrogens with zero attached hydrogens (tertiary/aromatic N) is 1. The van der Waals surface area contributed by atoms with E-state index < -0.39 is 0 Å². The number of benzene rings is 1. The first kappa shape index (κ1) is 12.4. The average Bonchev–Trinajstić information content (AvgIpc) is 2.57. The standard InChI is InChI=1S/C15H24N2/c1-2-15-6-4-3-5-11-17(15)12-13-7-9-14(16)10-8-13/h7-10,15H,2-6,11-12,16H2,1H3. The van der Waals surface area contributed by atoms with Gasteiger partial charge in [-0.05, 0) is 43.5 Å². The molecule has 0 aliphatic carbocycles. The van der Waals surface area contributed by atoms with Gasteiger partial charge in [-0.1, -0.05) is 31.9 Å². The molecular weight excluding hydrogens is 208 g/mol. The number of nitrogen functional groups attached to an aromatic ring is 1. The summed E-state index contributed by atoms with van der Waals surface area (Å²) in [5.74, 6) is 0. The molecule has 1 aliphatic heterocycles. The molecule has 2 rings (SSSR count). The summed E-state index contributed by atoms with van der Waals surface area (Å²) in [4.78, 5) is 2.65. The Morgan fingerprint density at radius 1 is 1.18 bits per heavy atom. The molecule has 0 radical (unpaired) electrons. The van der Waals surface area contributed by atoms with Crippen molar-refractivity contribution in [2.24, 2.45) is 0 Å². The monoisotopic (exact) mass is 232 g/mol. The van der Waals surface area contributed by atoms with Crippen molar-refractivity contribution in [1.82, 2.24) is 4.90 Å². The van der Waals surface area contributed by atoms with Crippen molar-refractivity contribution in [3.05, 3.63) is 29.8 Å². The van der Waals surface area contributed by atoms with Gasteiger partial charge in [0.1, 0.15) is 0 Å². The highest BCUT2D eigenvalue weighted by molar-refractivity contribution is 5.39. The first-order chi connectivity index (χ1) is 8.29. The van der Waals surface area contributed by atoms with E-state index >= 15 is 0 Å². The molecule has 1 heterocycles. The van der Waals surface area contributed by atoms with E-state index in [1.807, 2.05) is 12.1 Å². The third-order valence-corrected chi connectivity index (χ3v) is 3.84. The van der Waals surface area contributed by atoms with Crippen LogP contribution in [0.15, 0.2) is 24.3 Å². The van der Waals surface area contributed by atoms with Crippen LogP contribution in [0.4, 0.5) is 5.69 Å². The summed E-state index contributed by atoms with van der Waals surface area (Å²) in [6.45, 7) is 4.65. The molecule has 1 aromatic rings. The fourth-order valence-electron chi connectivity index (χ4n) is 2.76. The Bertz CT molecular complexity index is 331. The second-order valence-corrected chi connectivity index (χ2v) is 5.12. The van der Waals surface area contributed by atoms with Crippen molar-refractivity contribution in [2.75, 3.05) is 12.3 Å². The predicted octanol–water partition coefficient (Wildman–Crippen LogP) is 3.42. The first-order valence-electron chi connectivity index (χ1n) is 6.88. The van der Waals surface area contributed by atoms with E-state index in [-0.39, 0.29) is 0 Å².